The summed E-state index contributed by atoms with van der Waals surface area (Å²) in [5, 5.41) is 2.96. The largest absolute Gasteiger partial charge is 0.494 e. The monoisotopic (exact) mass is 390 g/mol. The van der Waals surface area contributed by atoms with Crippen LogP contribution in [0.1, 0.15) is 66.2 Å². The molecule has 1 aromatic rings. The van der Waals surface area contributed by atoms with Crippen LogP contribution < -0.4 is 10.1 Å². The molecule has 5 heteroatoms. The number of hydrogen-bond donors (Lipinski definition) is 1. The maximum atomic E-state index is 12.6. The summed E-state index contributed by atoms with van der Waals surface area (Å²) in [6.45, 7) is 11.8. The van der Waals surface area contributed by atoms with Gasteiger partial charge in [0.25, 0.3) is 5.91 Å². The van der Waals surface area contributed by atoms with Crippen LogP contribution in [0.3, 0.4) is 0 Å². The Morgan fingerprint density at radius 1 is 1.21 bits per heavy atom. The molecule has 1 heterocycles. The van der Waals surface area contributed by atoms with Crippen molar-refractivity contribution in [3.63, 3.8) is 0 Å². The Morgan fingerprint density at radius 3 is 2.61 bits per heavy atom. The van der Waals surface area contributed by atoms with Crippen molar-refractivity contribution >= 4 is 11.6 Å². The van der Waals surface area contributed by atoms with E-state index in [1.165, 1.54) is 25.8 Å². The van der Waals surface area contributed by atoms with Crippen LogP contribution >= 0.6 is 0 Å². The molecule has 0 unspecified atom stereocenters. The van der Waals surface area contributed by atoms with E-state index in [1.54, 1.807) is 0 Å². The number of carbonyl (C=O) groups excluding carboxylic acids is 1. The number of piperidine rings is 1. The third kappa shape index (κ3) is 6.78. The van der Waals surface area contributed by atoms with E-state index < -0.39 is 5.60 Å². The molecule has 2 atom stereocenters. The summed E-state index contributed by atoms with van der Waals surface area (Å²) in [6, 6.07) is 8.29. The topological polar surface area (TPSA) is 50.8 Å². The summed E-state index contributed by atoms with van der Waals surface area (Å²) in [5.74, 6) is 0.734. The van der Waals surface area contributed by atoms with Crippen molar-refractivity contribution in [2.75, 3.05) is 31.6 Å². The van der Waals surface area contributed by atoms with Gasteiger partial charge in [0, 0.05) is 24.9 Å². The van der Waals surface area contributed by atoms with Crippen LogP contribution in [0.5, 0.6) is 5.75 Å². The van der Waals surface area contributed by atoms with Crippen LogP contribution in [0.25, 0.3) is 0 Å². The standard InChI is InChI=1S/C23H38N2O3/c1-5-17-28-23(4,6-2)22(26)24-20-11-13-21(14-12-20)27-18-9-16-25-15-8-7-10-19(25)3/h11-14,19H,5-10,15-18H2,1-4H3,(H,24,26)/t19-,23+/m0/s1. The summed E-state index contributed by atoms with van der Waals surface area (Å²) in [5.41, 5.74) is -0.0317. The van der Waals surface area contributed by atoms with Gasteiger partial charge < -0.3 is 19.7 Å². The lowest BCUT2D eigenvalue weighted by molar-refractivity contribution is -0.139. The van der Waals surface area contributed by atoms with Crippen molar-refractivity contribution in [3.05, 3.63) is 24.3 Å². The first-order chi connectivity index (χ1) is 13.5. The number of ether oxygens (including phenoxy) is 2. The highest BCUT2D eigenvalue weighted by atomic mass is 16.5. The van der Waals surface area contributed by atoms with Crippen molar-refractivity contribution in [2.24, 2.45) is 0 Å². The Morgan fingerprint density at radius 2 is 1.96 bits per heavy atom. The van der Waals surface area contributed by atoms with Gasteiger partial charge in [0.2, 0.25) is 0 Å². The molecule has 0 radical (unpaired) electrons. The lowest BCUT2D eigenvalue weighted by Crippen LogP contribution is -2.42. The number of amides is 1. The molecule has 5 nitrogen and oxygen atoms in total. The van der Waals surface area contributed by atoms with Gasteiger partial charge in [-0.05, 0) is 76.8 Å². The second kappa shape index (κ2) is 11.4. The molecule has 1 N–H and O–H groups in total. The van der Waals surface area contributed by atoms with Gasteiger partial charge in [-0.1, -0.05) is 20.3 Å². The molecular formula is C23H38N2O3. The summed E-state index contributed by atoms with van der Waals surface area (Å²) in [6.07, 6.45) is 6.56. The second-order valence-corrected chi connectivity index (χ2v) is 7.99. The van der Waals surface area contributed by atoms with Gasteiger partial charge in [0.15, 0.2) is 0 Å². The zero-order valence-electron chi connectivity index (χ0n) is 18.1. The predicted molar refractivity (Wildman–Crippen MR) is 115 cm³/mol. The van der Waals surface area contributed by atoms with Crippen LogP contribution in [0, 0.1) is 0 Å². The maximum Gasteiger partial charge on any atom is 0.256 e. The van der Waals surface area contributed by atoms with Gasteiger partial charge in [-0.15, -0.1) is 0 Å². The van der Waals surface area contributed by atoms with Crippen LogP contribution in [0.4, 0.5) is 5.69 Å². The lowest BCUT2D eigenvalue weighted by atomic mass is 10.0. The summed E-state index contributed by atoms with van der Waals surface area (Å²) < 4.78 is 11.6. The van der Waals surface area contributed by atoms with E-state index in [2.05, 4.69) is 17.1 Å². The number of hydrogen-bond acceptors (Lipinski definition) is 4. The molecule has 1 aliphatic rings. The number of carbonyl (C=O) groups is 1. The molecule has 0 aromatic heterocycles. The Kier molecular flexibility index (Phi) is 9.26. The molecule has 1 fully saturated rings. The number of rotatable bonds is 11. The van der Waals surface area contributed by atoms with E-state index in [4.69, 9.17) is 9.47 Å². The van der Waals surface area contributed by atoms with Gasteiger partial charge in [-0.2, -0.15) is 0 Å². The Bertz CT molecular complexity index is 590. The molecule has 0 saturated carbocycles. The van der Waals surface area contributed by atoms with E-state index >= 15 is 0 Å². The Balaban J connectivity index is 1.75. The first-order valence-corrected chi connectivity index (χ1v) is 10.9. The third-order valence-corrected chi connectivity index (χ3v) is 5.69. The first-order valence-electron chi connectivity index (χ1n) is 10.9. The number of likely N-dealkylation sites (tertiary alicyclic amines) is 1. The fraction of sp³-hybridized carbons (Fsp3) is 0.696. The minimum Gasteiger partial charge on any atom is -0.494 e. The van der Waals surface area contributed by atoms with E-state index in [-0.39, 0.29) is 5.91 Å². The smallest absolute Gasteiger partial charge is 0.256 e. The average Bonchev–Trinajstić information content (AvgIpc) is 2.71. The Labute approximate surface area is 170 Å². The molecule has 1 aromatic carbocycles. The SMILES string of the molecule is CCCO[C@](C)(CC)C(=O)Nc1ccc(OCCCN2CCCC[C@@H]2C)cc1. The van der Waals surface area contributed by atoms with Crippen molar-refractivity contribution in [3.8, 4) is 5.75 Å². The van der Waals surface area contributed by atoms with Crippen molar-refractivity contribution in [2.45, 2.75) is 77.9 Å². The van der Waals surface area contributed by atoms with Gasteiger partial charge in [-0.3, -0.25) is 4.79 Å². The van der Waals surface area contributed by atoms with Crippen LogP contribution in [-0.2, 0) is 9.53 Å². The van der Waals surface area contributed by atoms with Gasteiger partial charge >= 0.3 is 0 Å². The van der Waals surface area contributed by atoms with Crippen molar-refractivity contribution in [1.82, 2.24) is 4.90 Å². The summed E-state index contributed by atoms with van der Waals surface area (Å²) in [4.78, 5) is 15.1. The number of nitrogens with one attached hydrogen (secondary N) is 1. The molecule has 0 aliphatic carbocycles. The normalized spacial score (nSPS) is 19.8. The molecular weight excluding hydrogens is 352 g/mol. The van der Waals surface area contributed by atoms with E-state index in [0.29, 0.717) is 25.7 Å². The van der Waals surface area contributed by atoms with Gasteiger partial charge in [0.1, 0.15) is 11.4 Å². The number of benzene rings is 1. The third-order valence-electron chi connectivity index (χ3n) is 5.69. The highest BCUT2D eigenvalue weighted by Crippen LogP contribution is 2.21. The Hall–Kier alpha value is -1.59. The molecule has 1 aliphatic heterocycles. The highest BCUT2D eigenvalue weighted by Gasteiger charge is 2.32. The van der Waals surface area contributed by atoms with Crippen molar-refractivity contribution < 1.29 is 14.3 Å². The van der Waals surface area contributed by atoms with Crippen molar-refractivity contribution in [1.29, 1.82) is 0 Å². The molecule has 2 rings (SSSR count). The van der Waals surface area contributed by atoms with Crippen LogP contribution in [0.15, 0.2) is 24.3 Å². The molecule has 0 spiro atoms. The van der Waals surface area contributed by atoms with E-state index in [0.717, 1.165) is 30.8 Å². The maximum absolute atomic E-state index is 12.6. The lowest BCUT2D eigenvalue weighted by Gasteiger charge is -2.33. The first kappa shape index (κ1) is 22.7. The van der Waals surface area contributed by atoms with Gasteiger partial charge in [-0.25, -0.2) is 0 Å². The summed E-state index contributed by atoms with van der Waals surface area (Å²) >= 11 is 0. The van der Waals surface area contributed by atoms with Gasteiger partial charge in [0.05, 0.1) is 6.61 Å². The van der Waals surface area contributed by atoms with E-state index in [1.807, 2.05) is 45.0 Å². The molecule has 158 valence electrons. The summed E-state index contributed by atoms with van der Waals surface area (Å²) in [7, 11) is 0. The second-order valence-electron chi connectivity index (χ2n) is 7.99. The van der Waals surface area contributed by atoms with Crippen LogP contribution in [-0.4, -0.2) is 48.8 Å². The fourth-order valence-corrected chi connectivity index (χ4v) is 3.50. The quantitative estimate of drug-likeness (QED) is 0.548. The minimum absolute atomic E-state index is 0.104. The molecule has 0 bridgehead atoms. The van der Waals surface area contributed by atoms with E-state index in [9.17, 15) is 4.79 Å². The molecule has 1 amide bonds. The number of nitrogens with zero attached hydrogens (tertiary/aromatic N) is 1. The highest BCUT2D eigenvalue weighted by molar-refractivity contribution is 5.97. The average molecular weight is 391 g/mol. The minimum atomic E-state index is -0.795. The molecule has 28 heavy (non-hydrogen) atoms. The zero-order valence-corrected chi connectivity index (χ0v) is 18.1. The zero-order chi connectivity index (χ0) is 20.4. The predicted octanol–water partition coefficient (Wildman–Crippen LogP) is 4.86. The number of anilines is 1. The fourth-order valence-electron chi connectivity index (χ4n) is 3.50. The molecule has 1 saturated heterocycles. The van der Waals surface area contributed by atoms with Crippen LogP contribution in [0.2, 0.25) is 0 Å².